The van der Waals surface area contributed by atoms with E-state index >= 15 is 4.79 Å². The number of carbonyl (C=O) groups is 1. The summed E-state index contributed by atoms with van der Waals surface area (Å²) in [6.45, 7) is 14.7. The fourth-order valence-corrected chi connectivity index (χ4v) is 7.81. The van der Waals surface area contributed by atoms with Crippen molar-refractivity contribution < 1.29 is 17.9 Å². The minimum absolute atomic E-state index is 0.117. The summed E-state index contributed by atoms with van der Waals surface area (Å²) in [5, 5.41) is 1.38. The fraction of sp³-hybridized carbons (Fsp3) is 0.474. The zero-order valence-corrected chi connectivity index (χ0v) is 31.9. The number of halogens is 2. The van der Waals surface area contributed by atoms with Crippen LogP contribution in [0.25, 0.3) is 0 Å². The van der Waals surface area contributed by atoms with Gasteiger partial charge in [0, 0.05) is 48.3 Å². The number of nitrogens with zero attached hydrogens (tertiary/aromatic N) is 4. The molecule has 2 aromatic rings. The molecule has 0 fully saturated rings. The van der Waals surface area contributed by atoms with Crippen molar-refractivity contribution in [2.75, 3.05) is 38.2 Å². The number of hydrogen-bond donors (Lipinski definition) is 0. The summed E-state index contributed by atoms with van der Waals surface area (Å²) in [4.78, 5) is 26.3. The number of sulfone groups is 1. The van der Waals surface area contributed by atoms with Gasteiger partial charge in [0.1, 0.15) is 27.0 Å². The molecule has 264 valence electrons. The van der Waals surface area contributed by atoms with Gasteiger partial charge in [-0.25, -0.2) is 13.2 Å². The first-order valence-electron chi connectivity index (χ1n) is 16.9. The smallest absolute Gasteiger partial charge is 0.330 e. The van der Waals surface area contributed by atoms with E-state index in [4.69, 9.17) is 32.9 Å². The van der Waals surface area contributed by atoms with Gasteiger partial charge in [-0.1, -0.05) is 68.2 Å². The first-order chi connectivity index (χ1) is 23.0. The molecule has 0 unspecified atom stereocenters. The number of urea groups is 1. The number of hydrogen-bond acceptors (Lipinski definition) is 6. The van der Waals surface area contributed by atoms with E-state index in [-0.39, 0.29) is 17.2 Å². The number of allylic oxidation sites excluding steroid dienone is 3. The van der Waals surface area contributed by atoms with Crippen molar-refractivity contribution >= 4 is 44.9 Å². The van der Waals surface area contributed by atoms with Gasteiger partial charge in [0.15, 0.2) is 0 Å². The van der Waals surface area contributed by atoms with Crippen molar-refractivity contribution in [3.05, 3.63) is 99.3 Å². The van der Waals surface area contributed by atoms with E-state index in [1.807, 2.05) is 60.5 Å². The Hall–Kier alpha value is -3.27. The number of ether oxygens (including phenoxy) is 1. The number of amidine groups is 1. The Bertz CT molecular complexity index is 1810. The maximum atomic E-state index is 15.1. The Balaban J connectivity index is 1.67. The van der Waals surface area contributed by atoms with Crippen LogP contribution in [0.2, 0.25) is 5.02 Å². The lowest BCUT2D eigenvalue weighted by atomic mass is 9.68. The Kier molecular flexibility index (Phi) is 10.7. The Morgan fingerprint density at radius 1 is 1.00 bits per heavy atom. The van der Waals surface area contributed by atoms with Gasteiger partial charge >= 0.3 is 6.03 Å². The third-order valence-corrected chi connectivity index (χ3v) is 11.5. The highest BCUT2D eigenvalue weighted by Crippen LogP contribution is 2.53. The molecular weight excluding hydrogens is 679 g/mol. The first-order valence-corrected chi connectivity index (χ1v) is 19.7. The fourth-order valence-electron chi connectivity index (χ4n) is 6.87. The first kappa shape index (κ1) is 37.0. The minimum Gasteiger partial charge on any atom is -0.493 e. The van der Waals surface area contributed by atoms with E-state index in [2.05, 4.69) is 51.7 Å². The van der Waals surface area contributed by atoms with Gasteiger partial charge in [-0.05, 0) is 92.5 Å². The van der Waals surface area contributed by atoms with E-state index in [9.17, 15) is 8.42 Å². The zero-order chi connectivity index (χ0) is 35.8. The molecule has 2 aromatic carbocycles. The van der Waals surface area contributed by atoms with Gasteiger partial charge < -0.3 is 9.64 Å². The highest BCUT2D eigenvalue weighted by molar-refractivity contribution is 7.90. The quantitative estimate of drug-likeness (QED) is 0.260. The molecule has 49 heavy (non-hydrogen) atoms. The lowest BCUT2D eigenvalue weighted by Gasteiger charge is -2.48. The van der Waals surface area contributed by atoms with Crippen LogP contribution in [0.15, 0.2) is 82.6 Å². The van der Waals surface area contributed by atoms with Gasteiger partial charge in [-0.15, -0.1) is 0 Å². The summed E-state index contributed by atoms with van der Waals surface area (Å²) in [6, 6.07) is 13.7. The van der Waals surface area contributed by atoms with Gasteiger partial charge in [-0.3, -0.25) is 14.8 Å². The van der Waals surface area contributed by atoms with Crippen LogP contribution in [0.5, 0.6) is 5.75 Å². The topological polar surface area (TPSA) is 82.5 Å². The molecular formula is C38H48Cl2N4O4S. The number of rotatable bonds is 9. The van der Waals surface area contributed by atoms with Crippen LogP contribution < -0.4 is 4.74 Å². The van der Waals surface area contributed by atoms with Gasteiger partial charge in [0.05, 0.1) is 23.5 Å². The van der Waals surface area contributed by atoms with Crippen LogP contribution in [0.4, 0.5) is 4.79 Å². The summed E-state index contributed by atoms with van der Waals surface area (Å²) < 4.78 is 29.7. The SMILES string of the molecule is CCOc1cc(C(C)(C)C)ccc1C1=N[C@](C)(c2ccc(Cl)cc2)[C@](C)(C2=CC=C(Cl)CC2)N1C(=O)N1C=CN(CCCS(C)(=O)=O)CC1. The maximum absolute atomic E-state index is 15.1. The van der Waals surface area contributed by atoms with E-state index < -0.39 is 20.9 Å². The van der Waals surface area contributed by atoms with Crippen molar-refractivity contribution in [2.24, 2.45) is 4.99 Å². The van der Waals surface area contributed by atoms with Crippen molar-refractivity contribution in [2.45, 2.75) is 77.3 Å². The molecule has 0 saturated carbocycles. The number of amides is 2. The van der Waals surface area contributed by atoms with Crippen LogP contribution in [0.3, 0.4) is 0 Å². The molecule has 2 aliphatic heterocycles. The second kappa shape index (κ2) is 14.2. The van der Waals surface area contributed by atoms with Crippen LogP contribution >= 0.6 is 23.2 Å². The average Bonchev–Trinajstić information content (AvgIpc) is 3.28. The van der Waals surface area contributed by atoms with Gasteiger partial charge in [-0.2, -0.15) is 0 Å². The molecule has 2 heterocycles. The third kappa shape index (κ3) is 7.59. The molecule has 3 aliphatic rings. The normalized spacial score (nSPS) is 23.0. The van der Waals surface area contributed by atoms with Crippen molar-refractivity contribution in [3.63, 3.8) is 0 Å². The van der Waals surface area contributed by atoms with E-state index in [1.165, 1.54) is 6.26 Å². The lowest BCUT2D eigenvalue weighted by Crippen LogP contribution is -2.61. The Morgan fingerprint density at radius 2 is 1.71 bits per heavy atom. The zero-order valence-electron chi connectivity index (χ0n) is 29.6. The highest BCUT2D eigenvalue weighted by Gasteiger charge is 2.61. The van der Waals surface area contributed by atoms with Crippen molar-refractivity contribution in [1.29, 1.82) is 0 Å². The molecule has 0 spiro atoms. The molecule has 0 N–H and O–H groups in total. The standard InChI is InChI=1S/C38H48Cl2N4O4S/c1-8-48-33-26-29(36(2,3)4)14-19-32(33)34-41-37(5,27-10-15-30(39)16-11-27)38(6,28-12-17-31(40)18-13-28)44(34)35(45)43-23-21-42(22-24-43)20-9-25-49(7,46)47/h10-12,14-17,19,21,23,26H,8-9,13,18,20,22,24-25H2,1-7H3/t37-,38+/m1/s1. The Labute approximate surface area is 302 Å². The Morgan fingerprint density at radius 3 is 2.29 bits per heavy atom. The summed E-state index contributed by atoms with van der Waals surface area (Å²) in [5.74, 6) is 1.32. The predicted molar refractivity (Wildman–Crippen MR) is 200 cm³/mol. The van der Waals surface area contributed by atoms with Crippen LogP contribution in [0.1, 0.15) is 77.5 Å². The van der Waals surface area contributed by atoms with E-state index in [1.54, 1.807) is 11.1 Å². The molecule has 2 amide bonds. The maximum Gasteiger partial charge on any atom is 0.330 e. The molecule has 0 bridgehead atoms. The predicted octanol–water partition coefficient (Wildman–Crippen LogP) is 8.26. The number of aliphatic imine (C=N–C) groups is 1. The number of carbonyl (C=O) groups excluding carboxylic acids is 1. The van der Waals surface area contributed by atoms with Gasteiger partial charge in [0.2, 0.25) is 0 Å². The van der Waals surface area contributed by atoms with E-state index in [0.29, 0.717) is 62.1 Å². The molecule has 0 saturated heterocycles. The van der Waals surface area contributed by atoms with Crippen molar-refractivity contribution in [1.82, 2.24) is 14.7 Å². The highest BCUT2D eigenvalue weighted by atomic mass is 35.5. The number of benzene rings is 2. The summed E-state index contributed by atoms with van der Waals surface area (Å²) in [7, 11) is -3.05. The molecule has 5 rings (SSSR count). The molecule has 0 aromatic heterocycles. The van der Waals surface area contributed by atoms with Gasteiger partial charge in [0.25, 0.3) is 0 Å². The van der Waals surface area contributed by atoms with Crippen molar-refractivity contribution in [3.8, 4) is 5.75 Å². The molecule has 11 heteroatoms. The second-order valence-corrected chi connectivity index (χ2v) is 17.6. The minimum atomic E-state index is -3.05. The summed E-state index contributed by atoms with van der Waals surface area (Å²) in [6.07, 6.45) is 10.7. The largest absolute Gasteiger partial charge is 0.493 e. The molecule has 8 nitrogen and oxygen atoms in total. The van der Waals surface area contributed by atoms with Crippen LogP contribution in [-0.4, -0.2) is 78.8 Å². The summed E-state index contributed by atoms with van der Waals surface area (Å²) in [5.41, 5.74) is 1.82. The summed E-state index contributed by atoms with van der Waals surface area (Å²) >= 11 is 12.9. The molecule has 0 radical (unpaired) electrons. The molecule has 1 aliphatic carbocycles. The second-order valence-electron chi connectivity index (χ2n) is 14.4. The monoisotopic (exact) mass is 726 g/mol. The van der Waals surface area contributed by atoms with E-state index in [0.717, 1.165) is 27.3 Å². The van der Waals surface area contributed by atoms with Crippen LogP contribution in [0, 0.1) is 0 Å². The molecule has 2 atom stereocenters. The average molecular weight is 728 g/mol. The van der Waals surface area contributed by atoms with Crippen LogP contribution in [-0.2, 0) is 20.8 Å². The lowest BCUT2D eigenvalue weighted by molar-refractivity contribution is 0.132. The third-order valence-electron chi connectivity index (χ3n) is 9.94.